The van der Waals surface area contributed by atoms with Crippen molar-refractivity contribution in [2.45, 2.75) is 37.5 Å². The highest BCUT2D eigenvalue weighted by atomic mass is 32.2. The standard InChI is InChI=1S/C31H32O7S/c1-3-5-20-35-25-12-8-23(9-13-25)30(33)38-27-16-18-28(19-17-27)39-31(34)24-10-14-26(15-11-24)36-21-6-7-22-37-29(32)4-2/h4,8-19H,2-3,5-7,20-22H2,1H3. The maximum absolute atomic E-state index is 12.7. The van der Waals surface area contributed by atoms with Gasteiger partial charge in [-0.05, 0) is 104 Å². The van der Waals surface area contributed by atoms with Crippen LogP contribution in [-0.2, 0) is 9.53 Å². The number of thioether (sulfide) groups is 1. The van der Waals surface area contributed by atoms with E-state index >= 15 is 0 Å². The van der Waals surface area contributed by atoms with E-state index in [0.717, 1.165) is 42.0 Å². The minimum atomic E-state index is -0.468. The van der Waals surface area contributed by atoms with Gasteiger partial charge in [-0.1, -0.05) is 19.9 Å². The minimum Gasteiger partial charge on any atom is -0.494 e. The van der Waals surface area contributed by atoms with Crippen LogP contribution >= 0.6 is 11.8 Å². The fraction of sp³-hybridized carbons (Fsp3) is 0.258. The molecule has 0 aliphatic rings. The Morgan fingerprint density at radius 1 is 0.718 bits per heavy atom. The average molecular weight is 549 g/mol. The molecular weight excluding hydrogens is 516 g/mol. The maximum Gasteiger partial charge on any atom is 0.343 e. The Balaban J connectivity index is 1.42. The molecule has 0 heterocycles. The molecule has 0 radical (unpaired) electrons. The van der Waals surface area contributed by atoms with Crippen molar-refractivity contribution in [1.82, 2.24) is 0 Å². The average Bonchev–Trinajstić information content (AvgIpc) is 2.96. The summed E-state index contributed by atoms with van der Waals surface area (Å²) >= 11 is 1.08. The Labute approximate surface area is 233 Å². The van der Waals surface area contributed by atoms with Gasteiger partial charge in [0.2, 0.25) is 5.12 Å². The van der Waals surface area contributed by atoms with Gasteiger partial charge in [-0.15, -0.1) is 0 Å². The molecule has 0 bridgehead atoms. The maximum atomic E-state index is 12.7. The summed E-state index contributed by atoms with van der Waals surface area (Å²) in [6, 6.07) is 20.6. The topological polar surface area (TPSA) is 88.1 Å². The molecule has 0 aromatic heterocycles. The van der Waals surface area contributed by atoms with Crippen molar-refractivity contribution in [3.63, 3.8) is 0 Å². The van der Waals surface area contributed by atoms with E-state index in [1.807, 2.05) is 0 Å². The third-order valence-corrected chi connectivity index (χ3v) is 6.34. The summed E-state index contributed by atoms with van der Waals surface area (Å²) < 4.78 is 21.7. The number of carbonyl (C=O) groups is 3. The van der Waals surface area contributed by atoms with E-state index in [0.29, 0.717) is 54.6 Å². The number of hydrogen-bond acceptors (Lipinski definition) is 8. The normalized spacial score (nSPS) is 10.4. The molecule has 204 valence electrons. The van der Waals surface area contributed by atoms with Gasteiger partial charge in [0, 0.05) is 16.5 Å². The van der Waals surface area contributed by atoms with E-state index in [9.17, 15) is 14.4 Å². The highest BCUT2D eigenvalue weighted by Gasteiger charge is 2.11. The van der Waals surface area contributed by atoms with Crippen molar-refractivity contribution in [1.29, 1.82) is 0 Å². The molecule has 39 heavy (non-hydrogen) atoms. The Morgan fingerprint density at radius 3 is 1.85 bits per heavy atom. The van der Waals surface area contributed by atoms with Gasteiger partial charge in [-0.25, -0.2) is 9.59 Å². The molecule has 7 nitrogen and oxygen atoms in total. The first kappa shape index (κ1) is 29.5. The molecule has 0 amide bonds. The number of benzene rings is 3. The van der Waals surface area contributed by atoms with Gasteiger partial charge in [-0.2, -0.15) is 0 Å². The zero-order valence-corrected chi connectivity index (χ0v) is 22.7. The molecule has 0 atom stereocenters. The van der Waals surface area contributed by atoms with Crippen LogP contribution in [0.15, 0.2) is 90.3 Å². The number of ether oxygens (including phenoxy) is 4. The number of carbonyl (C=O) groups excluding carboxylic acids is 3. The van der Waals surface area contributed by atoms with E-state index < -0.39 is 11.9 Å². The van der Waals surface area contributed by atoms with Gasteiger partial charge < -0.3 is 18.9 Å². The first-order valence-electron chi connectivity index (χ1n) is 12.8. The van der Waals surface area contributed by atoms with Gasteiger partial charge in [0.05, 0.1) is 25.4 Å². The van der Waals surface area contributed by atoms with Crippen LogP contribution in [-0.4, -0.2) is 36.9 Å². The Bertz CT molecular complexity index is 1220. The second-order valence-corrected chi connectivity index (χ2v) is 9.47. The van der Waals surface area contributed by atoms with Crippen LogP contribution in [0, 0.1) is 0 Å². The minimum absolute atomic E-state index is 0.114. The monoisotopic (exact) mass is 548 g/mol. The first-order valence-corrected chi connectivity index (χ1v) is 13.6. The van der Waals surface area contributed by atoms with E-state index in [4.69, 9.17) is 18.9 Å². The van der Waals surface area contributed by atoms with Crippen LogP contribution in [0.5, 0.6) is 17.2 Å². The molecule has 0 unspecified atom stereocenters. The lowest BCUT2D eigenvalue weighted by Crippen LogP contribution is -2.08. The molecule has 8 heteroatoms. The third-order valence-electron chi connectivity index (χ3n) is 5.41. The summed E-state index contributed by atoms with van der Waals surface area (Å²) in [5.74, 6) is 0.864. The lowest BCUT2D eigenvalue weighted by molar-refractivity contribution is -0.137. The molecule has 0 aliphatic heterocycles. The molecule has 0 aliphatic carbocycles. The summed E-state index contributed by atoms with van der Waals surface area (Å²) in [7, 11) is 0. The summed E-state index contributed by atoms with van der Waals surface area (Å²) in [6.45, 7) is 6.89. The fourth-order valence-corrected chi connectivity index (χ4v) is 3.98. The number of hydrogen-bond donors (Lipinski definition) is 0. The zero-order valence-electron chi connectivity index (χ0n) is 21.9. The van der Waals surface area contributed by atoms with Crippen LogP contribution in [0.25, 0.3) is 0 Å². The lowest BCUT2D eigenvalue weighted by Gasteiger charge is -2.08. The zero-order chi connectivity index (χ0) is 27.9. The van der Waals surface area contributed by atoms with E-state index in [1.54, 1.807) is 72.8 Å². The van der Waals surface area contributed by atoms with Crippen molar-refractivity contribution >= 4 is 28.8 Å². The number of unbranched alkanes of at least 4 members (excludes halogenated alkanes) is 2. The van der Waals surface area contributed by atoms with E-state index in [2.05, 4.69) is 13.5 Å². The summed E-state index contributed by atoms with van der Waals surface area (Å²) in [6.07, 6.45) is 4.58. The van der Waals surface area contributed by atoms with Crippen LogP contribution in [0.3, 0.4) is 0 Å². The van der Waals surface area contributed by atoms with Crippen molar-refractivity contribution in [2.24, 2.45) is 0 Å². The quantitative estimate of drug-likeness (QED) is 0.0666. The number of esters is 2. The van der Waals surface area contributed by atoms with Gasteiger partial charge in [0.1, 0.15) is 17.2 Å². The second-order valence-electron chi connectivity index (χ2n) is 8.43. The summed E-state index contributed by atoms with van der Waals surface area (Å²) in [4.78, 5) is 36.8. The Morgan fingerprint density at radius 2 is 1.26 bits per heavy atom. The Hall–Kier alpha value is -4.04. The van der Waals surface area contributed by atoms with E-state index in [-0.39, 0.29) is 5.12 Å². The highest BCUT2D eigenvalue weighted by molar-refractivity contribution is 8.14. The van der Waals surface area contributed by atoms with Crippen molar-refractivity contribution in [3.05, 3.63) is 96.6 Å². The predicted molar refractivity (Wildman–Crippen MR) is 151 cm³/mol. The van der Waals surface area contributed by atoms with Gasteiger partial charge >= 0.3 is 11.9 Å². The predicted octanol–water partition coefficient (Wildman–Crippen LogP) is 6.91. The summed E-state index contributed by atoms with van der Waals surface area (Å²) in [5.41, 5.74) is 0.967. The molecule has 3 aromatic carbocycles. The van der Waals surface area contributed by atoms with Crippen LogP contribution in [0.4, 0.5) is 0 Å². The van der Waals surface area contributed by atoms with Crippen LogP contribution in [0.2, 0.25) is 0 Å². The van der Waals surface area contributed by atoms with Gasteiger partial charge in [-0.3, -0.25) is 4.79 Å². The lowest BCUT2D eigenvalue weighted by atomic mass is 10.2. The van der Waals surface area contributed by atoms with Crippen molar-refractivity contribution < 1.29 is 33.3 Å². The molecule has 0 fully saturated rings. The highest BCUT2D eigenvalue weighted by Crippen LogP contribution is 2.26. The van der Waals surface area contributed by atoms with Crippen molar-refractivity contribution in [2.75, 3.05) is 19.8 Å². The van der Waals surface area contributed by atoms with Crippen LogP contribution < -0.4 is 14.2 Å². The molecule has 0 N–H and O–H groups in total. The van der Waals surface area contributed by atoms with Gasteiger partial charge in [0.15, 0.2) is 0 Å². The number of rotatable bonds is 15. The second kappa shape index (κ2) is 16.0. The summed E-state index contributed by atoms with van der Waals surface area (Å²) in [5, 5.41) is -0.114. The van der Waals surface area contributed by atoms with E-state index in [1.165, 1.54) is 0 Å². The molecule has 0 spiro atoms. The SMILES string of the molecule is C=CC(=O)OCCCCOc1ccc(C(=O)Sc2ccc(OC(=O)c3ccc(OCCCC)cc3)cc2)cc1. The molecule has 3 aromatic rings. The first-order chi connectivity index (χ1) is 19.0. The van der Waals surface area contributed by atoms with Gasteiger partial charge in [0.25, 0.3) is 0 Å². The third kappa shape index (κ3) is 10.3. The Kier molecular flexibility index (Phi) is 12.1. The smallest absolute Gasteiger partial charge is 0.343 e. The largest absolute Gasteiger partial charge is 0.494 e. The van der Waals surface area contributed by atoms with Crippen molar-refractivity contribution in [3.8, 4) is 17.2 Å². The fourth-order valence-electron chi connectivity index (χ4n) is 3.24. The molecule has 0 saturated heterocycles. The molecule has 0 saturated carbocycles. The molecular formula is C31H32O7S. The van der Waals surface area contributed by atoms with Crippen LogP contribution in [0.1, 0.15) is 53.3 Å². The molecule has 3 rings (SSSR count).